The molecular formula is C11H22ClNO2S. The van der Waals surface area contributed by atoms with Gasteiger partial charge in [0.05, 0.1) is 5.75 Å². The third-order valence-corrected chi connectivity index (χ3v) is 5.22. The fourth-order valence-corrected chi connectivity index (χ4v) is 3.96. The number of hydrogen-bond donors (Lipinski definition) is 1. The zero-order chi connectivity index (χ0) is 12.2. The number of halogens is 1. The predicted molar refractivity (Wildman–Crippen MR) is 68.2 cm³/mol. The van der Waals surface area contributed by atoms with Crippen LogP contribution in [-0.2, 0) is 10.0 Å². The van der Waals surface area contributed by atoms with Crippen molar-refractivity contribution < 1.29 is 8.42 Å². The molecule has 0 bridgehead atoms. The molecule has 0 saturated heterocycles. The van der Waals surface area contributed by atoms with E-state index < -0.39 is 10.0 Å². The van der Waals surface area contributed by atoms with Gasteiger partial charge in [0.15, 0.2) is 0 Å². The van der Waals surface area contributed by atoms with Gasteiger partial charge in [-0.15, -0.1) is 11.6 Å². The Morgan fingerprint density at radius 1 is 1.31 bits per heavy atom. The number of sulfonamides is 1. The van der Waals surface area contributed by atoms with Crippen LogP contribution < -0.4 is 4.72 Å². The van der Waals surface area contributed by atoms with Crippen LogP contribution in [-0.4, -0.2) is 26.1 Å². The average molecular weight is 268 g/mol. The summed E-state index contributed by atoms with van der Waals surface area (Å²) < 4.78 is 26.0. The van der Waals surface area contributed by atoms with E-state index in [1.54, 1.807) is 0 Å². The van der Waals surface area contributed by atoms with Gasteiger partial charge in [0.2, 0.25) is 10.0 Å². The number of alkyl halides is 1. The normalized spacial score (nSPS) is 27.2. The fourth-order valence-electron chi connectivity index (χ4n) is 2.12. The van der Waals surface area contributed by atoms with Gasteiger partial charge in [-0.05, 0) is 24.7 Å². The van der Waals surface area contributed by atoms with E-state index in [0.29, 0.717) is 12.5 Å². The van der Waals surface area contributed by atoms with Gasteiger partial charge in [0, 0.05) is 11.9 Å². The first kappa shape index (κ1) is 14.3. The monoisotopic (exact) mass is 267 g/mol. The molecule has 1 N–H and O–H groups in total. The number of rotatable bonds is 5. The van der Waals surface area contributed by atoms with E-state index in [1.807, 2.05) is 13.8 Å². The van der Waals surface area contributed by atoms with Gasteiger partial charge in [-0.2, -0.15) is 0 Å². The van der Waals surface area contributed by atoms with Crippen LogP contribution in [0.3, 0.4) is 0 Å². The van der Waals surface area contributed by atoms with Crippen molar-refractivity contribution in [1.82, 2.24) is 4.72 Å². The Morgan fingerprint density at radius 3 is 2.50 bits per heavy atom. The van der Waals surface area contributed by atoms with Crippen LogP contribution in [0.2, 0.25) is 0 Å². The van der Waals surface area contributed by atoms with Gasteiger partial charge in [-0.3, -0.25) is 0 Å². The van der Waals surface area contributed by atoms with Gasteiger partial charge >= 0.3 is 0 Å². The lowest BCUT2D eigenvalue weighted by atomic mass is 9.89. The molecule has 0 aliphatic heterocycles. The molecule has 0 aromatic carbocycles. The topological polar surface area (TPSA) is 46.2 Å². The second-order valence-corrected chi connectivity index (χ2v) is 7.50. The molecule has 1 aliphatic rings. The van der Waals surface area contributed by atoms with E-state index in [2.05, 4.69) is 4.72 Å². The van der Waals surface area contributed by atoms with Crippen LogP contribution in [0.4, 0.5) is 0 Å². The minimum absolute atomic E-state index is 0.135. The molecular weight excluding hydrogens is 246 g/mol. The highest BCUT2D eigenvalue weighted by Crippen LogP contribution is 2.28. The minimum atomic E-state index is -3.11. The van der Waals surface area contributed by atoms with Crippen molar-refractivity contribution in [3.8, 4) is 0 Å². The molecule has 0 spiro atoms. The highest BCUT2D eigenvalue weighted by Gasteiger charge is 2.24. The van der Waals surface area contributed by atoms with Gasteiger partial charge < -0.3 is 0 Å². The van der Waals surface area contributed by atoms with Gasteiger partial charge in [-0.1, -0.05) is 26.7 Å². The zero-order valence-corrected chi connectivity index (χ0v) is 11.6. The molecule has 1 fully saturated rings. The molecule has 0 radical (unpaired) electrons. The van der Waals surface area contributed by atoms with Crippen molar-refractivity contribution in [3.05, 3.63) is 0 Å². The molecule has 5 heteroatoms. The lowest BCUT2D eigenvalue weighted by Gasteiger charge is -2.27. The third kappa shape index (κ3) is 5.02. The Balaban J connectivity index is 2.38. The smallest absolute Gasteiger partial charge is 0.211 e. The van der Waals surface area contributed by atoms with Crippen LogP contribution in [0.5, 0.6) is 0 Å². The first-order valence-corrected chi connectivity index (χ1v) is 8.11. The summed E-state index contributed by atoms with van der Waals surface area (Å²) in [5, 5.41) is 0.135. The summed E-state index contributed by atoms with van der Waals surface area (Å²) in [4.78, 5) is 0. The molecule has 0 heterocycles. The molecule has 16 heavy (non-hydrogen) atoms. The summed E-state index contributed by atoms with van der Waals surface area (Å²) in [7, 11) is -3.11. The third-order valence-electron chi connectivity index (χ3n) is 2.93. The zero-order valence-electron chi connectivity index (χ0n) is 10.1. The van der Waals surface area contributed by atoms with E-state index in [-0.39, 0.29) is 17.0 Å². The van der Waals surface area contributed by atoms with E-state index in [1.165, 1.54) is 12.8 Å². The Labute approximate surface area is 104 Å². The maximum absolute atomic E-state index is 11.6. The first-order valence-electron chi connectivity index (χ1n) is 6.02. The van der Waals surface area contributed by atoms with Crippen molar-refractivity contribution in [2.45, 2.75) is 44.9 Å². The molecule has 2 unspecified atom stereocenters. The van der Waals surface area contributed by atoms with Crippen molar-refractivity contribution in [3.63, 3.8) is 0 Å². The first-order chi connectivity index (χ1) is 7.41. The van der Waals surface area contributed by atoms with Gasteiger partial charge in [-0.25, -0.2) is 13.1 Å². The highest BCUT2D eigenvalue weighted by molar-refractivity contribution is 7.89. The molecule has 1 saturated carbocycles. The lowest BCUT2D eigenvalue weighted by Crippen LogP contribution is -2.36. The molecule has 3 nitrogen and oxygen atoms in total. The molecule has 1 aliphatic carbocycles. The molecule has 96 valence electrons. The molecule has 0 aromatic rings. The Morgan fingerprint density at radius 2 is 1.94 bits per heavy atom. The summed E-state index contributed by atoms with van der Waals surface area (Å²) in [6.07, 6.45) is 4.39. The summed E-state index contributed by atoms with van der Waals surface area (Å²) in [5.41, 5.74) is 0. The molecule has 0 aromatic heterocycles. The van der Waals surface area contributed by atoms with Crippen LogP contribution >= 0.6 is 11.6 Å². The minimum Gasteiger partial charge on any atom is -0.215 e. The Kier molecular flexibility index (Phi) is 5.54. The standard InChI is InChI=1S/C11H22ClNO2S/c1-9(2)8-16(14,15)13-7-10-5-3-4-6-11(10)12/h9-11,13H,3-8H2,1-2H3. The number of nitrogens with one attached hydrogen (secondary N) is 1. The van der Waals surface area contributed by atoms with Crippen molar-refractivity contribution in [2.24, 2.45) is 11.8 Å². The van der Waals surface area contributed by atoms with Crippen molar-refractivity contribution >= 4 is 21.6 Å². The van der Waals surface area contributed by atoms with Gasteiger partial charge in [0.1, 0.15) is 0 Å². The van der Waals surface area contributed by atoms with Crippen LogP contribution in [0.1, 0.15) is 39.5 Å². The van der Waals surface area contributed by atoms with Crippen molar-refractivity contribution in [1.29, 1.82) is 0 Å². The second kappa shape index (κ2) is 6.22. The van der Waals surface area contributed by atoms with Crippen LogP contribution in [0.25, 0.3) is 0 Å². The average Bonchev–Trinajstić information content (AvgIpc) is 2.14. The fraction of sp³-hybridized carbons (Fsp3) is 1.00. The van der Waals surface area contributed by atoms with Gasteiger partial charge in [0.25, 0.3) is 0 Å². The molecule has 1 rings (SSSR count). The Hall–Kier alpha value is 0.200. The quantitative estimate of drug-likeness (QED) is 0.778. The molecule has 0 amide bonds. The summed E-state index contributed by atoms with van der Waals surface area (Å²) >= 11 is 6.18. The maximum Gasteiger partial charge on any atom is 0.211 e. The van der Waals surface area contributed by atoms with E-state index in [4.69, 9.17) is 11.6 Å². The highest BCUT2D eigenvalue weighted by atomic mass is 35.5. The predicted octanol–water partition coefficient (Wildman–Crippen LogP) is 2.36. The second-order valence-electron chi connectivity index (χ2n) is 5.08. The van der Waals surface area contributed by atoms with Crippen LogP contribution in [0, 0.1) is 11.8 Å². The van der Waals surface area contributed by atoms with E-state index >= 15 is 0 Å². The summed E-state index contributed by atoms with van der Waals surface area (Å²) in [6.45, 7) is 4.32. The SMILES string of the molecule is CC(C)CS(=O)(=O)NCC1CCCCC1Cl. The van der Waals surface area contributed by atoms with Crippen molar-refractivity contribution in [2.75, 3.05) is 12.3 Å². The molecule has 2 atom stereocenters. The van der Waals surface area contributed by atoms with E-state index in [9.17, 15) is 8.42 Å². The van der Waals surface area contributed by atoms with Crippen LogP contribution in [0.15, 0.2) is 0 Å². The maximum atomic E-state index is 11.6. The van der Waals surface area contributed by atoms with E-state index in [0.717, 1.165) is 12.8 Å². The summed E-state index contributed by atoms with van der Waals surface area (Å²) in [5.74, 6) is 0.667. The lowest BCUT2D eigenvalue weighted by molar-refractivity contribution is 0.363. The summed E-state index contributed by atoms with van der Waals surface area (Å²) in [6, 6.07) is 0. The Bertz CT molecular complexity index is 303. The largest absolute Gasteiger partial charge is 0.215 e. The number of hydrogen-bond acceptors (Lipinski definition) is 2.